The van der Waals surface area contributed by atoms with E-state index in [1.807, 2.05) is 43.3 Å². The maximum Gasteiger partial charge on any atom is 0.187 e. The van der Waals surface area contributed by atoms with Crippen molar-refractivity contribution in [1.82, 2.24) is 4.98 Å². The van der Waals surface area contributed by atoms with Crippen molar-refractivity contribution in [3.05, 3.63) is 59.5 Å². The summed E-state index contributed by atoms with van der Waals surface area (Å²) in [5.74, 6) is 0. The zero-order chi connectivity index (χ0) is 13.9. The molecule has 3 nitrogen and oxygen atoms in total. The van der Waals surface area contributed by atoms with Crippen LogP contribution in [0.4, 0.5) is 16.5 Å². The molecule has 4 heteroatoms. The van der Waals surface area contributed by atoms with Gasteiger partial charge in [0.2, 0.25) is 0 Å². The van der Waals surface area contributed by atoms with Gasteiger partial charge in [0, 0.05) is 22.3 Å². The molecule has 0 spiro atoms. The molecular weight excluding hydrogens is 266 g/mol. The maximum absolute atomic E-state index is 5.82. The van der Waals surface area contributed by atoms with Crippen molar-refractivity contribution in [2.24, 2.45) is 0 Å². The van der Waals surface area contributed by atoms with Crippen LogP contribution in [0.2, 0.25) is 0 Å². The van der Waals surface area contributed by atoms with E-state index in [2.05, 4.69) is 27.8 Å². The molecule has 0 unspecified atom stereocenters. The number of nitrogens with one attached hydrogen (secondary N) is 1. The molecule has 2 aromatic carbocycles. The van der Waals surface area contributed by atoms with Gasteiger partial charge in [-0.25, -0.2) is 4.98 Å². The highest BCUT2D eigenvalue weighted by Gasteiger charge is 2.06. The minimum absolute atomic E-state index is 0.748. The molecule has 0 radical (unpaired) electrons. The van der Waals surface area contributed by atoms with Crippen LogP contribution in [0, 0.1) is 6.92 Å². The number of nitrogens with zero attached hydrogens (tertiary/aromatic N) is 1. The van der Waals surface area contributed by atoms with Crippen molar-refractivity contribution in [3.63, 3.8) is 0 Å². The first-order valence-electron chi connectivity index (χ1n) is 6.36. The fourth-order valence-corrected chi connectivity index (χ4v) is 2.69. The van der Waals surface area contributed by atoms with Crippen LogP contribution >= 0.6 is 11.3 Å². The van der Waals surface area contributed by atoms with E-state index in [1.165, 1.54) is 0 Å². The molecule has 3 aromatic rings. The third-order valence-electron chi connectivity index (χ3n) is 3.08. The molecule has 1 aromatic heterocycles. The summed E-state index contributed by atoms with van der Waals surface area (Å²) in [6.07, 6.45) is 0. The van der Waals surface area contributed by atoms with Gasteiger partial charge in [0.25, 0.3) is 0 Å². The fourth-order valence-electron chi connectivity index (χ4n) is 1.96. The zero-order valence-electron chi connectivity index (χ0n) is 11.1. The van der Waals surface area contributed by atoms with E-state index in [9.17, 15) is 0 Å². The van der Waals surface area contributed by atoms with Crippen molar-refractivity contribution in [2.75, 3.05) is 11.1 Å². The second-order valence-corrected chi connectivity index (χ2v) is 5.46. The largest absolute Gasteiger partial charge is 0.399 e. The number of benzene rings is 2. The molecule has 3 N–H and O–H groups in total. The van der Waals surface area contributed by atoms with Crippen LogP contribution in [0.3, 0.4) is 0 Å². The van der Waals surface area contributed by atoms with Gasteiger partial charge in [-0.3, -0.25) is 0 Å². The predicted molar refractivity (Wildman–Crippen MR) is 86.4 cm³/mol. The molecule has 0 saturated heterocycles. The second kappa shape index (κ2) is 5.35. The summed E-state index contributed by atoms with van der Waals surface area (Å²) >= 11 is 1.59. The number of hydrogen-bond acceptors (Lipinski definition) is 4. The number of aromatic nitrogens is 1. The van der Waals surface area contributed by atoms with E-state index in [4.69, 9.17) is 5.73 Å². The third kappa shape index (κ3) is 2.65. The number of aryl methyl sites for hydroxylation is 1. The normalized spacial score (nSPS) is 10.4. The molecule has 0 aliphatic heterocycles. The van der Waals surface area contributed by atoms with Gasteiger partial charge in [-0.2, -0.15) is 0 Å². The molecule has 0 saturated carbocycles. The van der Waals surface area contributed by atoms with Gasteiger partial charge in [0.1, 0.15) is 0 Å². The second-order valence-electron chi connectivity index (χ2n) is 4.60. The van der Waals surface area contributed by atoms with E-state index in [0.29, 0.717) is 0 Å². The summed E-state index contributed by atoms with van der Waals surface area (Å²) in [4.78, 5) is 4.61. The van der Waals surface area contributed by atoms with E-state index in [-0.39, 0.29) is 0 Å². The topological polar surface area (TPSA) is 50.9 Å². The third-order valence-corrected chi connectivity index (χ3v) is 3.83. The average Bonchev–Trinajstić information content (AvgIpc) is 2.92. The van der Waals surface area contributed by atoms with Crippen molar-refractivity contribution in [3.8, 4) is 11.3 Å². The molecule has 1 heterocycles. The van der Waals surface area contributed by atoms with Crippen LogP contribution in [0.15, 0.2) is 53.9 Å². The summed E-state index contributed by atoms with van der Waals surface area (Å²) in [5.41, 5.74) is 10.8. The summed E-state index contributed by atoms with van der Waals surface area (Å²) in [5, 5.41) is 6.26. The predicted octanol–water partition coefficient (Wildman–Crippen LogP) is 4.44. The number of thiazole rings is 1. The quantitative estimate of drug-likeness (QED) is 0.698. The molecule has 0 aliphatic rings. The van der Waals surface area contributed by atoms with Crippen LogP contribution in [0.5, 0.6) is 0 Å². The summed E-state index contributed by atoms with van der Waals surface area (Å²) in [7, 11) is 0. The van der Waals surface area contributed by atoms with Gasteiger partial charge in [-0.05, 0) is 24.6 Å². The summed E-state index contributed by atoms with van der Waals surface area (Å²) < 4.78 is 0. The number of anilines is 3. The van der Waals surface area contributed by atoms with E-state index in [0.717, 1.165) is 33.3 Å². The lowest BCUT2D eigenvalue weighted by Gasteiger charge is -2.07. The maximum atomic E-state index is 5.82. The molecule has 20 heavy (non-hydrogen) atoms. The Hall–Kier alpha value is -2.33. The molecule has 0 atom stereocenters. The lowest BCUT2D eigenvalue weighted by molar-refractivity contribution is 1.36. The minimum atomic E-state index is 0.748. The van der Waals surface area contributed by atoms with Gasteiger partial charge in [0.05, 0.1) is 5.69 Å². The molecule has 100 valence electrons. The van der Waals surface area contributed by atoms with Crippen molar-refractivity contribution >= 4 is 27.8 Å². The highest BCUT2D eigenvalue weighted by atomic mass is 32.1. The van der Waals surface area contributed by atoms with E-state index < -0.39 is 0 Å². The van der Waals surface area contributed by atoms with E-state index >= 15 is 0 Å². The van der Waals surface area contributed by atoms with Gasteiger partial charge in [-0.1, -0.05) is 36.4 Å². The van der Waals surface area contributed by atoms with Crippen LogP contribution in [-0.2, 0) is 0 Å². The Morgan fingerprint density at radius 3 is 2.70 bits per heavy atom. The van der Waals surface area contributed by atoms with Crippen LogP contribution in [0.25, 0.3) is 11.3 Å². The smallest absolute Gasteiger partial charge is 0.187 e. The molecular formula is C16H15N3S. The molecule has 0 amide bonds. The van der Waals surface area contributed by atoms with Gasteiger partial charge >= 0.3 is 0 Å². The van der Waals surface area contributed by atoms with Crippen molar-refractivity contribution in [2.45, 2.75) is 6.92 Å². The SMILES string of the molecule is Cc1ccc(N)cc1Nc1nc(-c2ccccc2)cs1. The molecule has 0 bridgehead atoms. The zero-order valence-corrected chi connectivity index (χ0v) is 11.9. The Kier molecular flexibility index (Phi) is 3.39. The first-order chi connectivity index (χ1) is 9.72. The highest BCUT2D eigenvalue weighted by molar-refractivity contribution is 7.14. The molecule has 3 rings (SSSR count). The molecule has 0 fully saturated rings. The van der Waals surface area contributed by atoms with E-state index in [1.54, 1.807) is 11.3 Å². The fraction of sp³-hybridized carbons (Fsp3) is 0.0625. The average molecular weight is 281 g/mol. The first kappa shape index (κ1) is 12.7. The van der Waals surface area contributed by atoms with Gasteiger partial charge in [0.15, 0.2) is 5.13 Å². The monoisotopic (exact) mass is 281 g/mol. The van der Waals surface area contributed by atoms with Gasteiger partial charge in [-0.15, -0.1) is 11.3 Å². The Labute approximate surface area is 122 Å². The minimum Gasteiger partial charge on any atom is -0.399 e. The number of hydrogen-bond donors (Lipinski definition) is 2. The number of rotatable bonds is 3. The number of nitrogens with two attached hydrogens (primary N) is 1. The lowest BCUT2D eigenvalue weighted by atomic mass is 10.2. The van der Waals surface area contributed by atoms with Gasteiger partial charge < -0.3 is 11.1 Å². The Balaban J connectivity index is 1.86. The van der Waals surface area contributed by atoms with Crippen LogP contribution in [-0.4, -0.2) is 4.98 Å². The summed E-state index contributed by atoms with van der Waals surface area (Å²) in [6.45, 7) is 2.05. The Bertz CT molecular complexity index is 720. The number of nitrogen functional groups attached to an aromatic ring is 1. The van der Waals surface area contributed by atoms with Crippen LogP contribution < -0.4 is 11.1 Å². The summed E-state index contributed by atoms with van der Waals surface area (Å²) in [6, 6.07) is 16.0. The molecule has 0 aliphatic carbocycles. The van der Waals surface area contributed by atoms with Crippen LogP contribution in [0.1, 0.15) is 5.56 Å². The van der Waals surface area contributed by atoms with Crippen molar-refractivity contribution < 1.29 is 0 Å². The van der Waals surface area contributed by atoms with Crippen molar-refractivity contribution in [1.29, 1.82) is 0 Å². The Morgan fingerprint density at radius 1 is 1.10 bits per heavy atom. The first-order valence-corrected chi connectivity index (χ1v) is 7.24. The Morgan fingerprint density at radius 2 is 1.90 bits per heavy atom. The highest BCUT2D eigenvalue weighted by Crippen LogP contribution is 2.28. The lowest BCUT2D eigenvalue weighted by Crippen LogP contribution is -1.94. The standard InChI is InChI=1S/C16H15N3S/c1-11-7-8-13(17)9-14(11)18-16-19-15(10-20-16)12-5-3-2-4-6-12/h2-10H,17H2,1H3,(H,18,19).